The summed E-state index contributed by atoms with van der Waals surface area (Å²) in [4.78, 5) is 0. The Kier molecular flexibility index (Phi) is 5.41. The maximum absolute atomic E-state index is 10.4. The molecule has 4 N–H and O–H groups in total. The van der Waals surface area contributed by atoms with Gasteiger partial charge < -0.3 is 34.6 Å². The maximum Gasteiger partial charge on any atom is 0.187 e. The SMILES string of the molecule is CC1=C[C@H]2OC[C@@](C)(O[C@H]3O[C@H](CO)[C@@H](O)[C@H](O)[C@H]3O)[C@H]3CC[C@H](C)[C@]23CC1. The predicted molar refractivity (Wildman–Crippen MR) is 100 cm³/mol. The van der Waals surface area contributed by atoms with E-state index in [0.29, 0.717) is 12.5 Å². The van der Waals surface area contributed by atoms with Crippen LogP contribution in [0.3, 0.4) is 0 Å². The van der Waals surface area contributed by atoms with E-state index in [1.165, 1.54) is 5.57 Å². The first kappa shape index (κ1) is 20.7. The Balaban J connectivity index is 1.60. The first-order chi connectivity index (χ1) is 13.2. The Morgan fingerprint density at radius 2 is 1.93 bits per heavy atom. The van der Waals surface area contributed by atoms with Gasteiger partial charge in [0, 0.05) is 5.41 Å². The molecule has 28 heavy (non-hydrogen) atoms. The molecule has 4 rings (SSSR count). The van der Waals surface area contributed by atoms with Crippen LogP contribution >= 0.6 is 0 Å². The van der Waals surface area contributed by atoms with E-state index < -0.39 is 42.9 Å². The van der Waals surface area contributed by atoms with Crippen LogP contribution in [-0.2, 0) is 14.2 Å². The zero-order valence-electron chi connectivity index (χ0n) is 17.0. The summed E-state index contributed by atoms with van der Waals surface area (Å²) in [5.74, 6) is 0.746. The molecule has 0 aromatic rings. The topological polar surface area (TPSA) is 109 Å². The highest BCUT2D eigenvalue weighted by molar-refractivity contribution is 5.21. The molecule has 0 amide bonds. The third-order valence-corrected chi connectivity index (χ3v) is 7.89. The summed E-state index contributed by atoms with van der Waals surface area (Å²) < 4.78 is 18.3. The molecule has 2 aliphatic carbocycles. The molecule has 0 radical (unpaired) electrons. The van der Waals surface area contributed by atoms with Gasteiger partial charge in [-0.15, -0.1) is 0 Å². The molecule has 7 heteroatoms. The van der Waals surface area contributed by atoms with Crippen molar-refractivity contribution >= 4 is 0 Å². The van der Waals surface area contributed by atoms with Gasteiger partial charge in [-0.2, -0.15) is 0 Å². The van der Waals surface area contributed by atoms with Crippen LogP contribution in [0.2, 0.25) is 0 Å². The molecule has 1 spiro atoms. The van der Waals surface area contributed by atoms with Crippen molar-refractivity contribution in [2.24, 2.45) is 17.3 Å². The second-order valence-corrected chi connectivity index (χ2v) is 9.52. The van der Waals surface area contributed by atoms with Gasteiger partial charge >= 0.3 is 0 Å². The fourth-order valence-electron chi connectivity index (χ4n) is 6.23. The monoisotopic (exact) mass is 398 g/mol. The number of hydrogen-bond acceptors (Lipinski definition) is 7. The normalized spacial score (nSPS) is 54.0. The smallest absolute Gasteiger partial charge is 0.187 e. The van der Waals surface area contributed by atoms with Crippen molar-refractivity contribution in [1.82, 2.24) is 0 Å². The molecule has 2 heterocycles. The first-order valence-corrected chi connectivity index (χ1v) is 10.5. The van der Waals surface area contributed by atoms with E-state index in [-0.39, 0.29) is 17.4 Å². The Morgan fingerprint density at radius 3 is 2.64 bits per heavy atom. The number of ether oxygens (including phenoxy) is 3. The molecule has 0 bridgehead atoms. The van der Waals surface area contributed by atoms with Gasteiger partial charge in [-0.3, -0.25) is 0 Å². The average molecular weight is 398 g/mol. The summed E-state index contributed by atoms with van der Waals surface area (Å²) in [7, 11) is 0. The molecule has 0 aromatic heterocycles. The summed E-state index contributed by atoms with van der Waals surface area (Å²) in [5, 5.41) is 40.0. The largest absolute Gasteiger partial charge is 0.394 e. The van der Waals surface area contributed by atoms with Crippen molar-refractivity contribution < 1.29 is 34.6 Å². The summed E-state index contributed by atoms with van der Waals surface area (Å²) >= 11 is 0. The third-order valence-electron chi connectivity index (χ3n) is 7.89. The predicted octanol–water partition coefficient (Wildman–Crippen LogP) is 0.733. The fourth-order valence-corrected chi connectivity index (χ4v) is 6.23. The molecule has 7 nitrogen and oxygen atoms in total. The van der Waals surface area contributed by atoms with Crippen LogP contribution in [-0.4, -0.2) is 76.1 Å². The van der Waals surface area contributed by atoms with E-state index in [9.17, 15) is 20.4 Å². The molecule has 3 fully saturated rings. The van der Waals surface area contributed by atoms with Gasteiger partial charge in [-0.25, -0.2) is 0 Å². The van der Waals surface area contributed by atoms with E-state index >= 15 is 0 Å². The zero-order valence-corrected chi connectivity index (χ0v) is 17.0. The van der Waals surface area contributed by atoms with Crippen LogP contribution in [0.4, 0.5) is 0 Å². The summed E-state index contributed by atoms with van der Waals surface area (Å²) in [6.07, 6.45) is 0.258. The number of aliphatic hydroxyl groups excluding tert-OH is 4. The Morgan fingerprint density at radius 1 is 1.18 bits per heavy atom. The van der Waals surface area contributed by atoms with Crippen LogP contribution in [0.15, 0.2) is 11.6 Å². The quantitative estimate of drug-likeness (QED) is 0.519. The van der Waals surface area contributed by atoms with Gasteiger partial charge in [0.25, 0.3) is 0 Å². The maximum atomic E-state index is 10.4. The molecule has 1 saturated carbocycles. The Labute approximate surface area is 166 Å². The lowest BCUT2D eigenvalue weighted by Crippen LogP contribution is -2.65. The molecule has 0 unspecified atom stereocenters. The Hall–Kier alpha value is -0.540. The van der Waals surface area contributed by atoms with E-state index in [1.54, 1.807) is 0 Å². The van der Waals surface area contributed by atoms with Gasteiger partial charge in [0.2, 0.25) is 0 Å². The first-order valence-electron chi connectivity index (χ1n) is 10.5. The lowest BCUT2D eigenvalue weighted by atomic mass is 9.57. The molecule has 0 aromatic carbocycles. The standard InChI is InChI=1S/C21H34O7/c1-11-6-7-21-12(2)4-5-14(21)20(3,10-26-15(21)8-11)28-19-18(25)17(24)16(23)13(9-22)27-19/h8,12-19,22-25H,4-7,9-10H2,1-3H3/t12-,13+,14+,15+,16+,17-,18+,19+,20+,21-/m0/s1. The highest BCUT2D eigenvalue weighted by atomic mass is 16.7. The molecular formula is C21H34O7. The fraction of sp³-hybridized carbons (Fsp3) is 0.905. The van der Waals surface area contributed by atoms with Gasteiger partial charge in [0.15, 0.2) is 6.29 Å². The third kappa shape index (κ3) is 2.98. The van der Waals surface area contributed by atoms with Crippen LogP contribution < -0.4 is 0 Å². The highest BCUT2D eigenvalue weighted by Crippen LogP contribution is 2.62. The van der Waals surface area contributed by atoms with E-state index in [0.717, 1.165) is 25.7 Å². The van der Waals surface area contributed by atoms with E-state index in [1.807, 2.05) is 6.92 Å². The minimum absolute atomic E-state index is 0.000634. The van der Waals surface area contributed by atoms with Gasteiger partial charge in [0.1, 0.15) is 24.4 Å². The summed E-state index contributed by atoms with van der Waals surface area (Å²) in [6.45, 7) is 6.36. The zero-order chi connectivity index (χ0) is 20.3. The van der Waals surface area contributed by atoms with Gasteiger partial charge in [-0.1, -0.05) is 18.6 Å². The van der Waals surface area contributed by atoms with E-state index in [2.05, 4.69) is 19.9 Å². The lowest BCUT2D eigenvalue weighted by molar-refractivity contribution is -0.351. The minimum Gasteiger partial charge on any atom is -0.394 e. The second-order valence-electron chi connectivity index (χ2n) is 9.52. The Bertz CT molecular complexity index is 622. The van der Waals surface area contributed by atoms with Crippen LogP contribution in [0.1, 0.15) is 46.5 Å². The molecule has 10 atom stereocenters. The van der Waals surface area contributed by atoms with Crippen molar-refractivity contribution in [2.45, 2.75) is 88.9 Å². The van der Waals surface area contributed by atoms with Crippen molar-refractivity contribution in [3.05, 3.63) is 11.6 Å². The number of hydrogen-bond donors (Lipinski definition) is 4. The average Bonchev–Trinajstić information content (AvgIpc) is 3.01. The molecule has 4 aliphatic rings. The van der Waals surface area contributed by atoms with Gasteiger partial charge in [-0.05, 0) is 51.4 Å². The van der Waals surface area contributed by atoms with Crippen LogP contribution in [0, 0.1) is 17.3 Å². The summed E-state index contributed by atoms with van der Waals surface area (Å²) in [5.41, 5.74) is 0.682. The molecular weight excluding hydrogens is 364 g/mol. The second kappa shape index (κ2) is 7.30. The van der Waals surface area contributed by atoms with Crippen LogP contribution in [0.5, 0.6) is 0 Å². The number of allylic oxidation sites excluding steroid dienone is 1. The van der Waals surface area contributed by atoms with Crippen molar-refractivity contribution in [3.63, 3.8) is 0 Å². The van der Waals surface area contributed by atoms with Crippen molar-refractivity contribution in [1.29, 1.82) is 0 Å². The highest BCUT2D eigenvalue weighted by Gasteiger charge is 2.63. The number of rotatable bonds is 3. The van der Waals surface area contributed by atoms with Gasteiger partial charge in [0.05, 0.1) is 24.9 Å². The lowest BCUT2D eigenvalue weighted by Gasteiger charge is -2.57. The molecule has 2 saturated heterocycles. The van der Waals surface area contributed by atoms with Crippen molar-refractivity contribution in [3.8, 4) is 0 Å². The number of aliphatic hydroxyl groups is 4. The van der Waals surface area contributed by atoms with Crippen LogP contribution in [0.25, 0.3) is 0 Å². The van der Waals surface area contributed by atoms with Crippen molar-refractivity contribution in [2.75, 3.05) is 13.2 Å². The molecule has 160 valence electrons. The van der Waals surface area contributed by atoms with E-state index in [4.69, 9.17) is 14.2 Å². The summed E-state index contributed by atoms with van der Waals surface area (Å²) in [6, 6.07) is 0. The molecule has 2 aliphatic heterocycles. The minimum atomic E-state index is -1.44.